The first-order valence-electron chi connectivity index (χ1n) is 14.3. The maximum absolute atomic E-state index is 13.7. The molecule has 0 fully saturated rings. The van der Waals surface area contributed by atoms with Crippen molar-refractivity contribution in [1.29, 1.82) is 0 Å². The molecule has 3 aromatic carbocycles. The topological polar surface area (TPSA) is 118 Å². The van der Waals surface area contributed by atoms with E-state index in [1.54, 1.807) is 29.1 Å². The molecular formula is C31H34N6O4S. The fourth-order valence-electron chi connectivity index (χ4n) is 5.53. The van der Waals surface area contributed by atoms with Crippen LogP contribution in [0.1, 0.15) is 42.6 Å². The Morgan fingerprint density at radius 3 is 2.79 bits per heavy atom. The number of fused-ring (bicyclic) bond motifs is 2. The molecule has 42 heavy (non-hydrogen) atoms. The van der Waals surface area contributed by atoms with Crippen molar-refractivity contribution in [2.24, 2.45) is 0 Å². The first-order valence-corrected chi connectivity index (χ1v) is 15.7. The molecule has 0 aliphatic carbocycles. The van der Waals surface area contributed by atoms with Crippen LogP contribution < -0.4 is 15.4 Å². The van der Waals surface area contributed by atoms with Crippen molar-refractivity contribution in [1.82, 2.24) is 29.9 Å². The summed E-state index contributed by atoms with van der Waals surface area (Å²) < 4.78 is 36.4. The van der Waals surface area contributed by atoms with E-state index in [1.165, 1.54) is 18.0 Å². The number of amides is 1. The smallest absolute Gasteiger partial charge is 0.264 e. The van der Waals surface area contributed by atoms with Gasteiger partial charge in [0, 0.05) is 37.0 Å². The number of benzene rings is 3. The Morgan fingerprint density at radius 2 is 1.93 bits per heavy atom. The van der Waals surface area contributed by atoms with Gasteiger partial charge < -0.3 is 15.4 Å². The predicted molar refractivity (Wildman–Crippen MR) is 159 cm³/mol. The van der Waals surface area contributed by atoms with Crippen LogP contribution in [0.3, 0.4) is 0 Å². The number of ether oxygens (including phenoxy) is 1. The molecule has 1 amide bonds. The van der Waals surface area contributed by atoms with Crippen LogP contribution in [0, 0.1) is 0 Å². The number of rotatable bonds is 10. The maximum Gasteiger partial charge on any atom is 0.264 e. The predicted octanol–water partition coefficient (Wildman–Crippen LogP) is 3.55. The molecule has 6 rings (SSSR count). The van der Waals surface area contributed by atoms with E-state index in [2.05, 4.69) is 46.1 Å². The van der Waals surface area contributed by atoms with Gasteiger partial charge in [0.25, 0.3) is 10.0 Å². The second-order valence-electron chi connectivity index (χ2n) is 10.6. The fraction of sp³-hybridized carbons (Fsp3) is 0.323. The van der Waals surface area contributed by atoms with Crippen LogP contribution in [0.2, 0.25) is 0 Å². The molecule has 10 nitrogen and oxygen atoms in total. The zero-order valence-corrected chi connectivity index (χ0v) is 24.3. The Balaban J connectivity index is 1.21. The SMILES string of the molecule is CCCNCCc1ccc2c(c1)OCCC2n1cc(CC2C(=O)NC=CN2S(=O)(=O)c2ccc3ccccc3c2)nn1. The zero-order chi connectivity index (χ0) is 29.1. The molecule has 0 spiro atoms. The molecule has 2 aliphatic heterocycles. The van der Waals surface area contributed by atoms with Crippen molar-refractivity contribution in [3.05, 3.63) is 96.1 Å². The number of carbonyl (C=O) groups excluding carboxylic acids is 1. The van der Waals surface area contributed by atoms with Gasteiger partial charge in [0.1, 0.15) is 11.8 Å². The van der Waals surface area contributed by atoms with E-state index >= 15 is 0 Å². The van der Waals surface area contributed by atoms with Crippen LogP contribution >= 0.6 is 0 Å². The molecule has 0 bridgehead atoms. The standard InChI is InChI=1S/C31H34N6O4S/c1-2-13-32-14-11-22-7-10-27-28(12-17-41-30(27)18-22)36-21-25(34-35-36)20-29-31(38)33-15-16-37(29)42(39,40)26-9-8-23-5-3-4-6-24(23)19-26/h3-10,15-16,18-19,21,28-29,32H,2,11-14,17,20H2,1H3,(H,33,38). The number of nitrogens with zero attached hydrogens (tertiary/aromatic N) is 4. The van der Waals surface area contributed by atoms with Crippen molar-refractivity contribution in [2.45, 2.75) is 49.6 Å². The van der Waals surface area contributed by atoms with Gasteiger partial charge in [0.05, 0.1) is 23.2 Å². The molecule has 2 unspecified atom stereocenters. The van der Waals surface area contributed by atoms with Gasteiger partial charge >= 0.3 is 0 Å². The number of carbonyl (C=O) groups is 1. The summed E-state index contributed by atoms with van der Waals surface area (Å²) in [5.41, 5.74) is 2.76. The van der Waals surface area contributed by atoms with E-state index in [-0.39, 0.29) is 17.4 Å². The third-order valence-corrected chi connectivity index (χ3v) is 9.52. The van der Waals surface area contributed by atoms with Crippen molar-refractivity contribution in [3.8, 4) is 5.75 Å². The third-order valence-electron chi connectivity index (χ3n) is 7.74. The molecular weight excluding hydrogens is 552 g/mol. The Hall–Kier alpha value is -4.22. The van der Waals surface area contributed by atoms with Gasteiger partial charge in [0.15, 0.2) is 0 Å². The Kier molecular flexibility index (Phi) is 7.94. The molecule has 4 aromatic rings. The first kappa shape index (κ1) is 27.9. The van der Waals surface area contributed by atoms with Gasteiger partial charge in [-0.05, 0) is 60.5 Å². The Morgan fingerprint density at radius 1 is 1.07 bits per heavy atom. The minimum atomic E-state index is -4.01. The quantitative estimate of drug-likeness (QED) is 0.273. The minimum Gasteiger partial charge on any atom is -0.493 e. The number of aromatic nitrogens is 3. The van der Waals surface area contributed by atoms with E-state index < -0.39 is 22.0 Å². The highest BCUT2D eigenvalue weighted by Crippen LogP contribution is 2.35. The molecule has 2 aliphatic rings. The van der Waals surface area contributed by atoms with Gasteiger partial charge in [-0.15, -0.1) is 5.10 Å². The second-order valence-corrected chi connectivity index (χ2v) is 12.4. The van der Waals surface area contributed by atoms with Crippen LogP contribution in [-0.2, 0) is 27.7 Å². The lowest BCUT2D eigenvalue weighted by Gasteiger charge is -2.31. The van der Waals surface area contributed by atoms with E-state index in [4.69, 9.17) is 4.74 Å². The molecule has 3 heterocycles. The Bertz CT molecular complexity index is 1730. The van der Waals surface area contributed by atoms with Crippen LogP contribution in [-0.4, -0.2) is 59.4 Å². The molecule has 1 aromatic heterocycles. The summed E-state index contributed by atoms with van der Waals surface area (Å²) in [7, 11) is -4.01. The van der Waals surface area contributed by atoms with Gasteiger partial charge in [-0.25, -0.2) is 13.1 Å². The summed E-state index contributed by atoms with van der Waals surface area (Å²) in [5, 5.41) is 16.5. The summed E-state index contributed by atoms with van der Waals surface area (Å²) >= 11 is 0. The average Bonchev–Trinajstić information content (AvgIpc) is 3.48. The number of hydrogen-bond acceptors (Lipinski definition) is 7. The van der Waals surface area contributed by atoms with Gasteiger partial charge in [-0.3, -0.25) is 9.10 Å². The summed E-state index contributed by atoms with van der Waals surface area (Å²) in [6.07, 6.45) is 7.37. The fourth-order valence-corrected chi connectivity index (χ4v) is 7.01. The first-order chi connectivity index (χ1) is 20.4. The molecule has 0 saturated carbocycles. The lowest BCUT2D eigenvalue weighted by Crippen LogP contribution is -2.50. The monoisotopic (exact) mass is 586 g/mol. The lowest BCUT2D eigenvalue weighted by molar-refractivity contribution is -0.124. The number of hydrogen-bond donors (Lipinski definition) is 2. The molecule has 2 N–H and O–H groups in total. The number of nitrogens with one attached hydrogen (secondary N) is 2. The van der Waals surface area contributed by atoms with Crippen LogP contribution in [0.25, 0.3) is 10.8 Å². The second kappa shape index (κ2) is 11.9. The molecule has 0 saturated heterocycles. The molecule has 2 atom stereocenters. The third kappa shape index (κ3) is 5.62. The highest BCUT2D eigenvalue weighted by atomic mass is 32.2. The van der Waals surface area contributed by atoms with Crippen LogP contribution in [0.5, 0.6) is 5.75 Å². The molecule has 0 radical (unpaired) electrons. The minimum absolute atomic E-state index is 0.0696. The van der Waals surface area contributed by atoms with Crippen molar-refractivity contribution >= 4 is 26.7 Å². The van der Waals surface area contributed by atoms with Gasteiger partial charge in [-0.1, -0.05) is 54.6 Å². The van der Waals surface area contributed by atoms with Crippen LogP contribution in [0.4, 0.5) is 0 Å². The largest absolute Gasteiger partial charge is 0.493 e. The van der Waals surface area contributed by atoms with Crippen LogP contribution in [0.15, 0.2) is 84.2 Å². The van der Waals surface area contributed by atoms with Crippen molar-refractivity contribution in [2.75, 3.05) is 19.7 Å². The van der Waals surface area contributed by atoms with E-state index in [9.17, 15) is 13.2 Å². The summed E-state index contributed by atoms with van der Waals surface area (Å²) in [6, 6.07) is 17.8. The zero-order valence-electron chi connectivity index (χ0n) is 23.4. The van der Waals surface area contributed by atoms with Crippen molar-refractivity contribution in [3.63, 3.8) is 0 Å². The maximum atomic E-state index is 13.7. The molecule has 218 valence electrons. The summed E-state index contributed by atoms with van der Waals surface area (Å²) in [5.74, 6) is 0.425. The van der Waals surface area contributed by atoms with E-state index in [0.29, 0.717) is 12.3 Å². The van der Waals surface area contributed by atoms with Gasteiger partial charge in [-0.2, -0.15) is 0 Å². The lowest BCUT2D eigenvalue weighted by atomic mass is 9.98. The average molecular weight is 587 g/mol. The summed E-state index contributed by atoms with van der Waals surface area (Å²) in [6.45, 7) is 4.63. The van der Waals surface area contributed by atoms with E-state index in [0.717, 1.165) is 58.7 Å². The Labute approximate surface area is 245 Å². The van der Waals surface area contributed by atoms with Gasteiger partial charge in [0.2, 0.25) is 5.91 Å². The normalized spacial score (nSPS) is 18.5. The summed E-state index contributed by atoms with van der Waals surface area (Å²) in [4.78, 5) is 13.1. The highest BCUT2D eigenvalue weighted by molar-refractivity contribution is 7.89. The molecule has 11 heteroatoms. The number of sulfonamides is 1. The van der Waals surface area contributed by atoms with Crippen molar-refractivity contribution < 1.29 is 17.9 Å². The van der Waals surface area contributed by atoms with E-state index in [1.807, 2.05) is 24.3 Å². The highest BCUT2D eigenvalue weighted by Gasteiger charge is 2.36.